The third-order valence-electron chi connectivity index (χ3n) is 12.8. The summed E-state index contributed by atoms with van der Waals surface area (Å²) in [5.74, 6) is 1.35. The van der Waals surface area contributed by atoms with Crippen LogP contribution in [0.5, 0.6) is 0 Å². The number of halogens is 2. The fourth-order valence-corrected chi connectivity index (χ4v) is 10.8. The topological polar surface area (TPSA) is 88.5 Å². The first-order valence-corrected chi connectivity index (χ1v) is 19.1. The molecule has 1 amide bonds. The van der Waals surface area contributed by atoms with Gasteiger partial charge in [-0.2, -0.15) is 5.06 Å². The van der Waals surface area contributed by atoms with Crippen molar-refractivity contribution in [3.05, 3.63) is 82.3 Å². The first-order valence-electron chi connectivity index (χ1n) is 18.7. The molecule has 10 heteroatoms. The molecule has 10 atom stereocenters. The molecule has 2 aromatic carbocycles. The molecule has 0 spiro atoms. The number of hydrogen-bond acceptors (Lipinski definition) is 7. The zero-order chi connectivity index (χ0) is 37.0. The van der Waals surface area contributed by atoms with Crippen LogP contribution < -0.4 is 5.32 Å². The molecule has 0 aromatic heterocycles. The molecule has 51 heavy (non-hydrogen) atoms. The Morgan fingerprint density at radius 2 is 1.84 bits per heavy atom. The van der Waals surface area contributed by atoms with Crippen molar-refractivity contribution in [3.63, 3.8) is 0 Å². The summed E-state index contributed by atoms with van der Waals surface area (Å²) in [6, 6.07) is 12.5. The van der Waals surface area contributed by atoms with E-state index < -0.39 is 24.2 Å². The molecule has 0 radical (unpaired) electrons. The van der Waals surface area contributed by atoms with Crippen LogP contribution in [0.1, 0.15) is 71.1 Å². The maximum absolute atomic E-state index is 15.1. The van der Waals surface area contributed by atoms with Crippen molar-refractivity contribution in [1.82, 2.24) is 20.2 Å². The van der Waals surface area contributed by atoms with Gasteiger partial charge in [0.25, 0.3) is 0 Å². The number of nitrogens with one attached hydrogen (secondary N) is 1. The van der Waals surface area contributed by atoms with E-state index in [0.29, 0.717) is 59.3 Å². The first kappa shape index (κ1) is 38.2. The monoisotopic (exact) mass is 724 g/mol. The minimum Gasteiger partial charge on any atom is -0.516 e. The average Bonchev–Trinajstić information content (AvgIpc) is 3.32. The number of aliphatic hydroxyl groups excluding tert-OH is 2. The summed E-state index contributed by atoms with van der Waals surface area (Å²) in [6.45, 7) is 15.2. The summed E-state index contributed by atoms with van der Waals surface area (Å²) in [6.07, 6.45) is 2.82. The first-order chi connectivity index (χ1) is 24.1. The highest BCUT2D eigenvalue weighted by molar-refractivity contribution is 6.31. The number of amides is 1. The van der Waals surface area contributed by atoms with E-state index in [-0.39, 0.29) is 29.2 Å². The number of rotatable bonds is 15. The number of nitrogens with zero attached hydrogens (tertiary/aromatic N) is 3. The van der Waals surface area contributed by atoms with Gasteiger partial charge in [-0.1, -0.05) is 76.6 Å². The summed E-state index contributed by atoms with van der Waals surface area (Å²) < 4.78 is 15.1. The molecule has 2 aromatic rings. The SMILES string of the molecule is CC(C)C[C@@H](CN(C)C)N(Cc1cccc(CN2OC(/C=C/O)[C@@H]([C@H](C)O)[C@H]2C(=O)N[C@H]2C[C@H]3C4[C@H](C3(C)C)[C@]42C)c1)Cc1c(F)cccc1Cl. The number of hydrogen-bond donors (Lipinski definition) is 3. The summed E-state index contributed by atoms with van der Waals surface area (Å²) in [7, 11) is 4.12. The van der Waals surface area contributed by atoms with Crippen LogP contribution in [-0.2, 0) is 29.3 Å². The van der Waals surface area contributed by atoms with E-state index in [1.807, 2.05) is 12.1 Å². The van der Waals surface area contributed by atoms with Gasteiger partial charge in [-0.3, -0.25) is 14.5 Å². The molecule has 1 heterocycles. The molecule has 3 aliphatic carbocycles. The van der Waals surface area contributed by atoms with E-state index in [0.717, 1.165) is 36.8 Å². The molecule has 4 aliphatic rings. The number of benzene rings is 2. The van der Waals surface area contributed by atoms with Crippen LogP contribution in [0.2, 0.25) is 5.02 Å². The number of hydroxylamine groups is 2. The van der Waals surface area contributed by atoms with E-state index in [1.54, 1.807) is 24.1 Å². The Bertz CT molecular complexity index is 1560. The van der Waals surface area contributed by atoms with Gasteiger partial charge in [0, 0.05) is 48.2 Å². The van der Waals surface area contributed by atoms with Crippen LogP contribution in [0.15, 0.2) is 54.8 Å². The van der Waals surface area contributed by atoms with Gasteiger partial charge in [-0.05, 0) is 97.7 Å². The van der Waals surface area contributed by atoms with Crippen molar-refractivity contribution in [2.24, 2.45) is 40.4 Å². The largest absolute Gasteiger partial charge is 0.516 e. The van der Waals surface area contributed by atoms with Gasteiger partial charge in [-0.25, -0.2) is 4.39 Å². The number of likely N-dealkylation sites (N-methyl/N-ethyl adjacent to an activating group) is 1. The van der Waals surface area contributed by atoms with Crippen LogP contribution in [0.25, 0.3) is 0 Å². The fraction of sp³-hybridized carbons (Fsp3) is 0.634. The Morgan fingerprint density at radius 1 is 1.14 bits per heavy atom. The summed E-state index contributed by atoms with van der Waals surface area (Å²) in [5.41, 5.74) is 2.92. The molecule has 2 unspecified atom stereocenters. The molecule has 3 N–H and O–H groups in total. The zero-order valence-corrected chi connectivity index (χ0v) is 32.3. The summed E-state index contributed by atoms with van der Waals surface area (Å²) in [4.78, 5) is 25.1. The van der Waals surface area contributed by atoms with Gasteiger partial charge < -0.3 is 20.4 Å². The average molecular weight is 725 g/mol. The normalized spacial score (nSPS) is 32.1. The summed E-state index contributed by atoms with van der Waals surface area (Å²) >= 11 is 6.55. The second kappa shape index (κ2) is 14.7. The van der Waals surface area contributed by atoms with E-state index in [2.05, 4.69) is 76.0 Å². The Labute approximate surface area is 308 Å². The third-order valence-corrected chi connectivity index (χ3v) is 13.1. The second-order valence-corrected chi connectivity index (χ2v) is 17.7. The van der Waals surface area contributed by atoms with E-state index in [9.17, 15) is 15.0 Å². The minimum atomic E-state index is -0.855. The molecular weight excluding hydrogens is 667 g/mol. The third kappa shape index (κ3) is 7.24. The predicted molar refractivity (Wildman–Crippen MR) is 199 cm³/mol. The van der Waals surface area contributed by atoms with Gasteiger partial charge in [0.2, 0.25) is 5.91 Å². The van der Waals surface area contributed by atoms with Crippen molar-refractivity contribution in [2.45, 2.75) is 104 Å². The molecule has 280 valence electrons. The van der Waals surface area contributed by atoms with Gasteiger partial charge in [0.15, 0.2) is 0 Å². The molecule has 3 saturated carbocycles. The number of aliphatic hydroxyl groups is 2. The van der Waals surface area contributed by atoms with Crippen LogP contribution in [0.3, 0.4) is 0 Å². The summed E-state index contributed by atoms with van der Waals surface area (Å²) in [5, 5.41) is 26.2. The van der Waals surface area contributed by atoms with Crippen molar-refractivity contribution >= 4 is 17.5 Å². The predicted octanol–water partition coefficient (Wildman–Crippen LogP) is 6.81. The lowest BCUT2D eigenvalue weighted by Gasteiger charge is -2.47. The smallest absolute Gasteiger partial charge is 0.240 e. The number of carbonyl (C=O) groups excluding carboxylic acids is 1. The molecule has 8 nitrogen and oxygen atoms in total. The Morgan fingerprint density at radius 3 is 2.43 bits per heavy atom. The second-order valence-electron chi connectivity index (χ2n) is 17.3. The minimum absolute atomic E-state index is 0.0974. The molecule has 0 bridgehead atoms. The van der Waals surface area contributed by atoms with Crippen molar-refractivity contribution in [1.29, 1.82) is 0 Å². The van der Waals surface area contributed by atoms with Gasteiger partial charge in [0.1, 0.15) is 18.0 Å². The number of fused-ring (bicyclic) bond motifs is 1. The molecule has 6 rings (SSSR count). The molecule has 1 saturated heterocycles. The quantitative estimate of drug-likeness (QED) is 0.174. The van der Waals surface area contributed by atoms with Gasteiger partial charge >= 0.3 is 0 Å². The van der Waals surface area contributed by atoms with Crippen LogP contribution >= 0.6 is 11.6 Å². The number of carbonyl (C=O) groups is 1. The Balaban J connectivity index is 1.24. The lowest BCUT2D eigenvalue weighted by molar-refractivity contribution is -0.168. The Kier molecular flexibility index (Phi) is 11.0. The van der Waals surface area contributed by atoms with Crippen molar-refractivity contribution < 1.29 is 24.2 Å². The molecule has 1 aliphatic heterocycles. The standard InChI is InChI=1S/C41H58ClFN4O4/c1-24(2)17-28(22-45(7)8)46(23-29-31(42)13-10-14-32(29)43)20-26-11-9-12-27(18-26)21-47-37(35(25(3)49)33(51-47)15-16-48)39(50)44-34-19-30-36-38(40(30,4)5)41(34,36)6/h9-16,18,24-25,28,30,33-38,48-49H,17,19-23H2,1-8H3,(H,44,50)/b16-15+/t25-,28-,30-,33?,34-,35+,36?,37-,38+,41-/m0/s1. The van der Waals surface area contributed by atoms with Crippen LogP contribution in [-0.4, -0.2) is 82.0 Å². The zero-order valence-electron chi connectivity index (χ0n) is 31.5. The highest BCUT2D eigenvalue weighted by atomic mass is 35.5. The maximum Gasteiger partial charge on any atom is 0.240 e. The van der Waals surface area contributed by atoms with Crippen LogP contribution in [0.4, 0.5) is 4.39 Å². The fourth-order valence-electron chi connectivity index (χ4n) is 10.6. The van der Waals surface area contributed by atoms with Gasteiger partial charge in [-0.15, -0.1) is 0 Å². The van der Waals surface area contributed by atoms with E-state index in [1.165, 1.54) is 12.1 Å². The van der Waals surface area contributed by atoms with Crippen molar-refractivity contribution in [3.8, 4) is 0 Å². The van der Waals surface area contributed by atoms with E-state index in [4.69, 9.17) is 16.4 Å². The highest BCUT2D eigenvalue weighted by Crippen LogP contribution is 2.87. The lowest BCUT2D eigenvalue weighted by Crippen LogP contribution is -2.54. The lowest BCUT2D eigenvalue weighted by atomic mass is 9.59. The van der Waals surface area contributed by atoms with Crippen molar-refractivity contribution in [2.75, 3.05) is 20.6 Å². The highest BCUT2D eigenvalue weighted by Gasteiger charge is 2.85. The molecular formula is C41H58ClFN4O4. The van der Waals surface area contributed by atoms with E-state index >= 15 is 4.39 Å². The maximum atomic E-state index is 15.1. The molecule has 4 fully saturated rings. The van der Waals surface area contributed by atoms with Gasteiger partial charge in [0.05, 0.1) is 18.9 Å². The van der Waals surface area contributed by atoms with Crippen LogP contribution in [0, 0.1) is 46.2 Å². The Hall–Kier alpha value is -2.53.